The molecule has 0 saturated carbocycles. The van der Waals surface area contributed by atoms with Crippen molar-refractivity contribution in [1.82, 2.24) is 0 Å². The minimum Gasteiger partial charge on any atom is -0.413 e. The van der Waals surface area contributed by atoms with Crippen molar-refractivity contribution < 1.29 is 9.22 Å². The lowest BCUT2D eigenvalue weighted by molar-refractivity contribution is 0.0908. The molecule has 3 heteroatoms. The lowest BCUT2D eigenvalue weighted by Crippen LogP contribution is -2.40. The molecule has 2 rings (SSSR count). The van der Waals surface area contributed by atoms with Gasteiger partial charge in [-0.3, -0.25) is 4.79 Å². The summed E-state index contributed by atoms with van der Waals surface area (Å²) >= 11 is 0. The van der Waals surface area contributed by atoms with E-state index in [4.69, 9.17) is 4.43 Å². The van der Waals surface area contributed by atoms with Crippen molar-refractivity contribution in [3.63, 3.8) is 0 Å². The van der Waals surface area contributed by atoms with Crippen LogP contribution in [-0.2, 0) is 4.43 Å². The standard InChI is InChI=1S/C24H34O2Si/c1-18(11-10-16-26-27(6,7)24(3,4)5)19(2)23(25)22-15-14-20-12-8-9-13-21(20)17-22/h8-15,17-19H,16H2,1-7H3/b11-10+. The monoisotopic (exact) mass is 382 g/mol. The molecule has 2 atom stereocenters. The first kappa shape index (κ1) is 21.6. The third kappa shape index (κ3) is 5.39. The zero-order valence-corrected chi connectivity index (χ0v) is 18.9. The predicted octanol–water partition coefficient (Wildman–Crippen LogP) is 6.87. The fraction of sp³-hybridized carbons (Fsp3) is 0.458. The molecule has 2 aromatic rings. The van der Waals surface area contributed by atoms with Crippen molar-refractivity contribution in [2.24, 2.45) is 11.8 Å². The van der Waals surface area contributed by atoms with Gasteiger partial charge in [0.25, 0.3) is 0 Å². The Balaban J connectivity index is 1.99. The first-order valence-corrected chi connectivity index (χ1v) is 12.8. The van der Waals surface area contributed by atoms with E-state index in [9.17, 15) is 4.79 Å². The SMILES string of the molecule is CC(/C=C/CO[Si](C)(C)C(C)(C)C)C(C)C(=O)c1ccc2ccccc2c1. The fourth-order valence-corrected chi connectivity index (χ4v) is 3.70. The topological polar surface area (TPSA) is 26.3 Å². The minimum absolute atomic E-state index is 0.0599. The number of benzene rings is 2. The third-order valence-corrected chi connectivity index (χ3v) is 10.5. The number of hydrogen-bond donors (Lipinski definition) is 0. The second-order valence-corrected chi connectivity index (χ2v) is 13.9. The molecular weight excluding hydrogens is 348 g/mol. The summed E-state index contributed by atoms with van der Waals surface area (Å²) in [6, 6.07) is 14.1. The molecule has 0 heterocycles. The summed E-state index contributed by atoms with van der Waals surface area (Å²) in [5.74, 6) is 0.311. The van der Waals surface area contributed by atoms with E-state index >= 15 is 0 Å². The molecule has 0 aromatic heterocycles. The summed E-state index contributed by atoms with van der Waals surface area (Å²) in [5, 5.41) is 2.49. The molecular formula is C24H34O2Si. The number of carbonyl (C=O) groups excluding carboxylic acids is 1. The first-order valence-electron chi connectivity index (χ1n) is 9.86. The van der Waals surface area contributed by atoms with Crippen molar-refractivity contribution in [3.8, 4) is 0 Å². The van der Waals surface area contributed by atoms with Crippen LogP contribution in [0.1, 0.15) is 45.0 Å². The predicted molar refractivity (Wildman–Crippen MR) is 119 cm³/mol. The highest BCUT2D eigenvalue weighted by atomic mass is 28.4. The van der Waals surface area contributed by atoms with Crippen molar-refractivity contribution >= 4 is 24.9 Å². The summed E-state index contributed by atoms with van der Waals surface area (Å²) in [6.07, 6.45) is 4.20. The van der Waals surface area contributed by atoms with Crippen LogP contribution in [0.5, 0.6) is 0 Å². The summed E-state index contributed by atoms with van der Waals surface area (Å²) in [7, 11) is -1.72. The van der Waals surface area contributed by atoms with Crippen LogP contribution in [0.25, 0.3) is 10.8 Å². The zero-order chi connectivity index (χ0) is 20.2. The van der Waals surface area contributed by atoms with Gasteiger partial charge in [-0.05, 0) is 40.9 Å². The summed E-state index contributed by atoms with van der Waals surface area (Å²) in [4.78, 5) is 12.9. The molecule has 27 heavy (non-hydrogen) atoms. The average molecular weight is 383 g/mol. The minimum atomic E-state index is -1.72. The Morgan fingerprint density at radius 3 is 2.33 bits per heavy atom. The van der Waals surface area contributed by atoms with E-state index in [-0.39, 0.29) is 22.7 Å². The van der Waals surface area contributed by atoms with Gasteiger partial charge in [0, 0.05) is 11.5 Å². The van der Waals surface area contributed by atoms with Crippen molar-refractivity contribution in [2.45, 2.75) is 52.8 Å². The molecule has 2 unspecified atom stereocenters. The number of ketones is 1. The van der Waals surface area contributed by atoms with Gasteiger partial charge in [-0.1, -0.05) is 83.2 Å². The van der Waals surface area contributed by atoms with E-state index < -0.39 is 8.32 Å². The van der Waals surface area contributed by atoms with Crippen LogP contribution in [0.15, 0.2) is 54.6 Å². The second kappa shape index (κ2) is 8.53. The molecule has 2 nitrogen and oxygen atoms in total. The summed E-state index contributed by atoms with van der Waals surface area (Å²) in [6.45, 7) is 16.0. The number of hydrogen-bond acceptors (Lipinski definition) is 2. The van der Waals surface area contributed by atoms with Gasteiger partial charge < -0.3 is 4.43 Å². The molecule has 0 amide bonds. The van der Waals surface area contributed by atoms with Crippen molar-refractivity contribution in [2.75, 3.05) is 6.61 Å². The zero-order valence-electron chi connectivity index (χ0n) is 17.9. The van der Waals surface area contributed by atoms with Gasteiger partial charge in [-0.2, -0.15) is 0 Å². The van der Waals surface area contributed by atoms with Gasteiger partial charge in [-0.15, -0.1) is 0 Å². The summed E-state index contributed by atoms with van der Waals surface area (Å²) in [5.41, 5.74) is 0.791. The average Bonchev–Trinajstić information content (AvgIpc) is 2.62. The molecule has 0 spiro atoms. The highest BCUT2D eigenvalue weighted by Gasteiger charge is 2.36. The van der Waals surface area contributed by atoms with Crippen LogP contribution < -0.4 is 0 Å². The van der Waals surface area contributed by atoms with Crippen LogP contribution in [0, 0.1) is 11.8 Å². The Bertz CT molecular complexity index is 814. The van der Waals surface area contributed by atoms with E-state index in [1.54, 1.807) is 0 Å². The molecule has 2 aromatic carbocycles. The van der Waals surface area contributed by atoms with Crippen LogP contribution in [0.4, 0.5) is 0 Å². The second-order valence-electron chi connectivity index (χ2n) is 9.07. The quantitative estimate of drug-likeness (QED) is 0.296. The Labute approximate surface area is 165 Å². The van der Waals surface area contributed by atoms with E-state index in [2.05, 4.69) is 65.1 Å². The Hall–Kier alpha value is -1.71. The third-order valence-electron chi connectivity index (χ3n) is 6.02. The normalized spacial score (nSPS) is 15.2. The molecule has 0 bridgehead atoms. The van der Waals surface area contributed by atoms with Crippen LogP contribution in [-0.4, -0.2) is 20.7 Å². The smallest absolute Gasteiger partial charge is 0.192 e. The maximum Gasteiger partial charge on any atom is 0.192 e. The van der Waals surface area contributed by atoms with Crippen LogP contribution in [0.3, 0.4) is 0 Å². The van der Waals surface area contributed by atoms with E-state index in [1.807, 2.05) is 37.3 Å². The van der Waals surface area contributed by atoms with Gasteiger partial charge in [0.15, 0.2) is 14.1 Å². The highest BCUT2D eigenvalue weighted by Crippen LogP contribution is 2.36. The lowest BCUT2D eigenvalue weighted by Gasteiger charge is -2.35. The van der Waals surface area contributed by atoms with Crippen LogP contribution in [0.2, 0.25) is 18.1 Å². The highest BCUT2D eigenvalue weighted by molar-refractivity contribution is 6.74. The van der Waals surface area contributed by atoms with Gasteiger partial charge in [0.1, 0.15) is 0 Å². The van der Waals surface area contributed by atoms with Gasteiger partial charge in [0.05, 0.1) is 6.61 Å². The molecule has 0 saturated heterocycles. The molecule has 0 aliphatic heterocycles. The number of carbonyl (C=O) groups is 1. The van der Waals surface area contributed by atoms with E-state index in [1.165, 1.54) is 0 Å². The molecule has 0 aliphatic carbocycles. The number of Topliss-reactive ketones (excluding diaryl/α,β-unsaturated/α-hetero) is 1. The number of rotatable bonds is 7. The Kier molecular flexibility index (Phi) is 6.82. The molecule has 0 radical (unpaired) electrons. The largest absolute Gasteiger partial charge is 0.413 e. The fourth-order valence-electron chi connectivity index (χ4n) is 2.75. The molecule has 0 aliphatic rings. The van der Waals surface area contributed by atoms with Crippen molar-refractivity contribution in [1.29, 1.82) is 0 Å². The number of allylic oxidation sites excluding steroid dienone is 1. The first-order chi connectivity index (χ1) is 12.5. The molecule has 146 valence electrons. The Morgan fingerprint density at radius 2 is 1.70 bits per heavy atom. The van der Waals surface area contributed by atoms with E-state index in [0.29, 0.717) is 6.61 Å². The van der Waals surface area contributed by atoms with Gasteiger partial charge in [-0.25, -0.2) is 0 Å². The van der Waals surface area contributed by atoms with Crippen molar-refractivity contribution in [3.05, 3.63) is 60.2 Å². The van der Waals surface area contributed by atoms with Gasteiger partial charge in [0.2, 0.25) is 0 Å². The van der Waals surface area contributed by atoms with E-state index in [0.717, 1.165) is 16.3 Å². The molecule has 0 fully saturated rings. The summed E-state index contributed by atoms with van der Waals surface area (Å²) < 4.78 is 6.18. The maximum absolute atomic E-state index is 12.9. The Morgan fingerprint density at radius 1 is 1.07 bits per heavy atom. The lowest BCUT2D eigenvalue weighted by atomic mass is 9.87. The number of fused-ring (bicyclic) bond motifs is 1. The van der Waals surface area contributed by atoms with Crippen LogP contribution >= 0.6 is 0 Å². The van der Waals surface area contributed by atoms with Gasteiger partial charge >= 0.3 is 0 Å². The molecule has 0 N–H and O–H groups in total. The maximum atomic E-state index is 12.9.